The molecular formula is C26H34ClN3O2. The molecule has 0 unspecified atom stereocenters. The van der Waals surface area contributed by atoms with Crippen molar-refractivity contribution in [3.63, 3.8) is 0 Å². The summed E-state index contributed by atoms with van der Waals surface area (Å²) in [6.45, 7) is 6.21. The van der Waals surface area contributed by atoms with Crippen molar-refractivity contribution >= 4 is 28.5 Å². The normalized spacial score (nSPS) is 11.2. The van der Waals surface area contributed by atoms with Crippen molar-refractivity contribution in [2.24, 2.45) is 5.92 Å². The lowest BCUT2D eigenvalue weighted by atomic mass is 10.1. The Morgan fingerprint density at radius 3 is 2.59 bits per heavy atom. The van der Waals surface area contributed by atoms with Crippen molar-refractivity contribution in [3.8, 4) is 5.75 Å². The highest BCUT2D eigenvalue weighted by molar-refractivity contribution is 6.30. The van der Waals surface area contributed by atoms with E-state index in [1.807, 2.05) is 44.2 Å². The van der Waals surface area contributed by atoms with Crippen molar-refractivity contribution in [2.45, 2.75) is 58.9 Å². The Labute approximate surface area is 196 Å². The van der Waals surface area contributed by atoms with Gasteiger partial charge in [-0.15, -0.1) is 0 Å². The first-order valence-corrected chi connectivity index (χ1v) is 12.0. The van der Waals surface area contributed by atoms with E-state index < -0.39 is 0 Å². The van der Waals surface area contributed by atoms with Crippen LogP contribution in [0.4, 0.5) is 0 Å². The Bertz CT molecular complexity index is 982. The van der Waals surface area contributed by atoms with Crippen LogP contribution in [0.2, 0.25) is 5.02 Å². The fraction of sp³-hybridized carbons (Fsp3) is 0.462. The van der Waals surface area contributed by atoms with Crippen molar-refractivity contribution in [1.82, 2.24) is 14.9 Å². The molecule has 32 heavy (non-hydrogen) atoms. The summed E-state index contributed by atoms with van der Waals surface area (Å²) in [6, 6.07) is 15.8. The molecule has 0 saturated carbocycles. The molecule has 2 aromatic carbocycles. The third kappa shape index (κ3) is 7.27. The van der Waals surface area contributed by atoms with Crippen molar-refractivity contribution in [3.05, 3.63) is 59.4 Å². The van der Waals surface area contributed by atoms with Crippen LogP contribution in [0.25, 0.3) is 11.0 Å². The van der Waals surface area contributed by atoms with Crippen LogP contribution in [0.15, 0.2) is 48.5 Å². The number of nitrogens with zero attached hydrogens (tertiary/aromatic N) is 2. The zero-order valence-corrected chi connectivity index (χ0v) is 19.9. The molecule has 0 aliphatic rings. The summed E-state index contributed by atoms with van der Waals surface area (Å²) in [7, 11) is 0. The van der Waals surface area contributed by atoms with Crippen LogP contribution in [0.3, 0.4) is 0 Å². The molecule has 0 aliphatic heterocycles. The monoisotopic (exact) mass is 455 g/mol. The molecule has 3 rings (SSSR count). The van der Waals surface area contributed by atoms with Gasteiger partial charge in [-0.1, -0.05) is 44.0 Å². The van der Waals surface area contributed by atoms with Gasteiger partial charge in [-0.2, -0.15) is 0 Å². The van der Waals surface area contributed by atoms with E-state index in [2.05, 4.69) is 28.1 Å². The van der Waals surface area contributed by atoms with Gasteiger partial charge in [0.15, 0.2) is 0 Å². The molecule has 172 valence electrons. The van der Waals surface area contributed by atoms with Crippen molar-refractivity contribution in [2.75, 3.05) is 13.2 Å². The second kappa shape index (κ2) is 12.5. The average molecular weight is 456 g/mol. The van der Waals surface area contributed by atoms with Gasteiger partial charge in [0.05, 0.1) is 17.6 Å². The molecule has 1 aromatic heterocycles. The predicted octanol–water partition coefficient (Wildman–Crippen LogP) is 6.03. The summed E-state index contributed by atoms with van der Waals surface area (Å²) in [6.07, 6.45) is 6.11. The van der Waals surface area contributed by atoms with Gasteiger partial charge in [0.25, 0.3) is 0 Å². The number of benzene rings is 2. The number of imidazole rings is 1. The third-order valence-corrected chi connectivity index (χ3v) is 5.74. The molecule has 0 aliphatic carbocycles. The minimum Gasteiger partial charge on any atom is -0.494 e. The lowest BCUT2D eigenvalue weighted by Crippen LogP contribution is -2.28. The smallest absolute Gasteiger partial charge is 0.222 e. The lowest BCUT2D eigenvalue weighted by molar-refractivity contribution is -0.123. The number of aromatic nitrogens is 2. The second-order valence-electron chi connectivity index (χ2n) is 8.43. The number of carbonyl (C=O) groups excluding carboxylic acids is 1. The number of nitrogens with one attached hydrogen (secondary N) is 1. The van der Waals surface area contributed by atoms with Gasteiger partial charge in [0.2, 0.25) is 5.91 Å². The van der Waals surface area contributed by atoms with Crippen LogP contribution in [0.5, 0.6) is 5.75 Å². The van der Waals surface area contributed by atoms with E-state index in [4.69, 9.17) is 21.3 Å². The number of hydrogen-bond acceptors (Lipinski definition) is 3. The number of aryl methyl sites for hydroxylation is 2. The molecule has 5 nitrogen and oxygen atoms in total. The summed E-state index contributed by atoms with van der Waals surface area (Å²) >= 11 is 5.92. The molecule has 1 amide bonds. The van der Waals surface area contributed by atoms with Crippen LogP contribution < -0.4 is 10.1 Å². The minimum absolute atomic E-state index is 0.0477. The molecule has 6 heteroatoms. The number of fused-ring (bicyclic) bond motifs is 1. The van der Waals surface area contributed by atoms with Gasteiger partial charge >= 0.3 is 0 Å². The highest BCUT2D eigenvalue weighted by Gasteiger charge is 2.10. The average Bonchev–Trinajstić information content (AvgIpc) is 3.14. The number of amides is 1. The topological polar surface area (TPSA) is 56.2 Å². The van der Waals surface area contributed by atoms with E-state index in [9.17, 15) is 4.79 Å². The van der Waals surface area contributed by atoms with Crippen molar-refractivity contribution in [1.29, 1.82) is 0 Å². The second-order valence-corrected chi connectivity index (χ2v) is 8.87. The van der Waals surface area contributed by atoms with Gasteiger partial charge < -0.3 is 14.6 Å². The molecule has 0 radical (unpaired) electrons. The maximum atomic E-state index is 11.6. The number of ether oxygens (including phenoxy) is 1. The first kappa shape index (κ1) is 24.1. The predicted molar refractivity (Wildman–Crippen MR) is 131 cm³/mol. The van der Waals surface area contributed by atoms with Gasteiger partial charge in [0, 0.05) is 30.5 Å². The number of rotatable bonds is 13. The van der Waals surface area contributed by atoms with Crippen molar-refractivity contribution < 1.29 is 9.53 Å². The Morgan fingerprint density at radius 1 is 1.03 bits per heavy atom. The molecule has 0 fully saturated rings. The molecule has 0 saturated heterocycles. The zero-order chi connectivity index (χ0) is 22.8. The summed E-state index contributed by atoms with van der Waals surface area (Å²) in [5, 5.41) is 3.71. The molecule has 1 heterocycles. The Morgan fingerprint density at radius 2 is 1.81 bits per heavy atom. The Kier molecular flexibility index (Phi) is 9.42. The van der Waals surface area contributed by atoms with Gasteiger partial charge in [-0.05, 0) is 62.1 Å². The minimum atomic E-state index is 0.0477. The van der Waals surface area contributed by atoms with Crippen LogP contribution in [-0.2, 0) is 17.8 Å². The van der Waals surface area contributed by atoms with E-state index in [0.717, 1.165) is 73.7 Å². The first-order chi connectivity index (χ1) is 15.5. The molecule has 3 aromatic rings. The fourth-order valence-corrected chi connectivity index (χ4v) is 3.79. The standard InChI is InChI=1S/C26H34ClN3O2/c1-20(2)26(31)28-17-7-3-4-12-25-29-23-10-5-6-11-24(23)30(25)18-8-9-19-32-22-15-13-21(27)14-16-22/h5-6,10-11,13-16,20H,3-4,7-9,12,17-19H2,1-2H3,(H,28,31). The molecule has 1 N–H and O–H groups in total. The number of halogens is 1. The van der Waals surface area contributed by atoms with Gasteiger partial charge in [0.1, 0.15) is 11.6 Å². The number of para-hydroxylation sites is 2. The highest BCUT2D eigenvalue weighted by atomic mass is 35.5. The van der Waals surface area contributed by atoms with E-state index in [1.165, 1.54) is 5.52 Å². The molecule has 0 atom stereocenters. The van der Waals surface area contributed by atoms with E-state index in [-0.39, 0.29) is 11.8 Å². The third-order valence-electron chi connectivity index (χ3n) is 5.49. The first-order valence-electron chi connectivity index (χ1n) is 11.6. The quantitative estimate of drug-likeness (QED) is 0.320. The molecule has 0 spiro atoms. The van der Waals surface area contributed by atoms with E-state index >= 15 is 0 Å². The SMILES string of the molecule is CC(C)C(=O)NCCCCCc1nc2ccccc2n1CCCCOc1ccc(Cl)cc1. The van der Waals surface area contributed by atoms with Crippen LogP contribution in [-0.4, -0.2) is 28.6 Å². The van der Waals surface area contributed by atoms with Gasteiger partial charge in [-0.25, -0.2) is 4.98 Å². The van der Waals surface area contributed by atoms with Crippen LogP contribution in [0.1, 0.15) is 51.8 Å². The summed E-state index contributed by atoms with van der Waals surface area (Å²) in [5.41, 5.74) is 2.26. The number of unbranched alkanes of at least 4 members (excludes halogenated alkanes) is 3. The summed E-state index contributed by atoms with van der Waals surface area (Å²) in [5.74, 6) is 2.18. The van der Waals surface area contributed by atoms with Gasteiger partial charge in [-0.3, -0.25) is 4.79 Å². The number of carbonyl (C=O) groups is 1. The maximum absolute atomic E-state index is 11.6. The maximum Gasteiger partial charge on any atom is 0.222 e. The molecular weight excluding hydrogens is 422 g/mol. The van der Waals surface area contributed by atoms with Crippen LogP contribution >= 0.6 is 11.6 Å². The fourth-order valence-electron chi connectivity index (χ4n) is 3.66. The van der Waals surface area contributed by atoms with E-state index in [0.29, 0.717) is 6.61 Å². The summed E-state index contributed by atoms with van der Waals surface area (Å²) < 4.78 is 8.18. The Hall–Kier alpha value is -2.53. The largest absolute Gasteiger partial charge is 0.494 e. The van der Waals surface area contributed by atoms with E-state index in [1.54, 1.807) is 0 Å². The van der Waals surface area contributed by atoms with Crippen LogP contribution in [0, 0.1) is 5.92 Å². The summed E-state index contributed by atoms with van der Waals surface area (Å²) in [4.78, 5) is 16.5. The molecule has 0 bridgehead atoms. The Balaban J connectivity index is 1.46. The highest BCUT2D eigenvalue weighted by Crippen LogP contribution is 2.19. The number of hydrogen-bond donors (Lipinski definition) is 1. The zero-order valence-electron chi connectivity index (χ0n) is 19.1. The lowest BCUT2D eigenvalue weighted by Gasteiger charge is -2.11.